The molecule has 1 heterocycles. The fourth-order valence-corrected chi connectivity index (χ4v) is 2.75. The van der Waals surface area contributed by atoms with Gasteiger partial charge in [-0.1, -0.05) is 37.1 Å². The van der Waals surface area contributed by atoms with Gasteiger partial charge in [0.05, 0.1) is 5.54 Å². The second-order valence-electron chi connectivity index (χ2n) is 6.01. The van der Waals surface area contributed by atoms with E-state index in [1.165, 1.54) is 18.5 Å². The van der Waals surface area contributed by atoms with Crippen molar-refractivity contribution in [2.75, 3.05) is 11.9 Å². The number of nitrogens with one attached hydrogen (secondary N) is 1. The molecule has 0 radical (unpaired) electrons. The van der Waals surface area contributed by atoms with Gasteiger partial charge < -0.3 is 11.1 Å². The van der Waals surface area contributed by atoms with Gasteiger partial charge in [0, 0.05) is 24.5 Å². The Labute approximate surface area is 128 Å². The molecule has 0 bridgehead atoms. The van der Waals surface area contributed by atoms with Crippen molar-refractivity contribution in [3.8, 4) is 0 Å². The van der Waals surface area contributed by atoms with Crippen LogP contribution in [0.1, 0.15) is 39.0 Å². The van der Waals surface area contributed by atoms with E-state index in [-0.39, 0.29) is 5.54 Å². The number of anilines is 1. The molecular formula is C18H27N3. The van der Waals surface area contributed by atoms with Crippen LogP contribution in [-0.2, 0) is 0 Å². The molecule has 2 unspecified atom stereocenters. The molecule has 3 nitrogen and oxygen atoms in total. The van der Waals surface area contributed by atoms with E-state index in [0.717, 1.165) is 25.8 Å². The van der Waals surface area contributed by atoms with Crippen LogP contribution < -0.4 is 11.1 Å². The average Bonchev–Trinajstić information content (AvgIpc) is 2.94. The first-order valence-corrected chi connectivity index (χ1v) is 7.98. The smallest absolute Gasteiger partial charge is 0.0807 e. The summed E-state index contributed by atoms with van der Waals surface area (Å²) in [5, 5.41) is 3.48. The lowest BCUT2D eigenvalue weighted by Crippen LogP contribution is -2.26. The lowest BCUT2D eigenvalue weighted by Gasteiger charge is -2.25. The molecule has 21 heavy (non-hydrogen) atoms. The zero-order valence-electron chi connectivity index (χ0n) is 13.0. The predicted molar refractivity (Wildman–Crippen MR) is 92.0 cm³/mol. The molecule has 0 saturated carbocycles. The van der Waals surface area contributed by atoms with E-state index in [2.05, 4.69) is 48.7 Å². The molecule has 3 N–H and O–H groups in total. The summed E-state index contributed by atoms with van der Waals surface area (Å²) < 4.78 is 0. The third kappa shape index (κ3) is 5.35. The lowest BCUT2D eigenvalue weighted by molar-refractivity contribution is 0.438. The second kappa shape index (κ2) is 7.99. The highest BCUT2D eigenvalue weighted by atomic mass is 14.9. The third-order valence-electron chi connectivity index (χ3n) is 4.00. The highest BCUT2D eigenvalue weighted by molar-refractivity contribution is 5.75. The van der Waals surface area contributed by atoms with Crippen LogP contribution in [0, 0.1) is 0 Å². The zero-order valence-corrected chi connectivity index (χ0v) is 13.0. The Morgan fingerprint density at radius 2 is 2.00 bits per heavy atom. The summed E-state index contributed by atoms with van der Waals surface area (Å²) in [5.41, 5.74) is 6.99. The number of hydrogen-bond acceptors (Lipinski definition) is 3. The molecule has 0 saturated heterocycles. The van der Waals surface area contributed by atoms with Crippen LogP contribution in [-0.4, -0.2) is 24.3 Å². The summed E-state index contributed by atoms with van der Waals surface area (Å²) in [6.45, 7) is 3.02. The summed E-state index contributed by atoms with van der Waals surface area (Å²) in [7, 11) is 0. The molecule has 0 fully saturated rings. The van der Waals surface area contributed by atoms with Crippen molar-refractivity contribution < 1.29 is 0 Å². The first-order valence-electron chi connectivity index (χ1n) is 7.98. The van der Waals surface area contributed by atoms with Crippen LogP contribution in [0.25, 0.3) is 0 Å². The molecule has 1 aliphatic heterocycles. The number of aliphatic imine (C=N–C) groups is 1. The van der Waals surface area contributed by atoms with E-state index in [1.807, 2.05) is 12.3 Å². The van der Waals surface area contributed by atoms with Crippen LogP contribution in [0.2, 0.25) is 0 Å². The van der Waals surface area contributed by atoms with Gasteiger partial charge in [-0.3, -0.25) is 4.99 Å². The van der Waals surface area contributed by atoms with Crippen molar-refractivity contribution >= 4 is 11.9 Å². The minimum absolute atomic E-state index is 0.000380. The summed E-state index contributed by atoms with van der Waals surface area (Å²) in [6, 6.07) is 10.7. The molecule has 114 valence electrons. The predicted octanol–water partition coefficient (Wildman–Crippen LogP) is 3.78. The summed E-state index contributed by atoms with van der Waals surface area (Å²) in [4.78, 5) is 4.71. The van der Waals surface area contributed by atoms with Gasteiger partial charge in [0.1, 0.15) is 0 Å². The van der Waals surface area contributed by atoms with E-state index in [1.54, 1.807) is 0 Å². The minimum atomic E-state index is -0.000380. The monoisotopic (exact) mass is 285 g/mol. The molecular weight excluding hydrogens is 258 g/mol. The molecule has 0 spiro atoms. The first kappa shape index (κ1) is 15.8. The van der Waals surface area contributed by atoms with Gasteiger partial charge in [-0.25, -0.2) is 0 Å². The molecule has 2 rings (SSSR count). The van der Waals surface area contributed by atoms with E-state index in [9.17, 15) is 0 Å². The van der Waals surface area contributed by atoms with Crippen molar-refractivity contribution in [3.05, 3.63) is 42.5 Å². The number of para-hydroxylation sites is 1. The highest BCUT2D eigenvalue weighted by Crippen LogP contribution is 2.28. The Morgan fingerprint density at radius 3 is 2.67 bits per heavy atom. The Hall–Kier alpha value is -1.61. The molecule has 1 aliphatic rings. The van der Waals surface area contributed by atoms with Crippen LogP contribution >= 0.6 is 0 Å². The molecule has 1 aromatic carbocycles. The van der Waals surface area contributed by atoms with Crippen molar-refractivity contribution in [1.82, 2.24) is 0 Å². The fourth-order valence-electron chi connectivity index (χ4n) is 2.75. The van der Waals surface area contributed by atoms with Crippen molar-refractivity contribution in [2.24, 2.45) is 10.7 Å². The van der Waals surface area contributed by atoms with Crippen LogP contribution in [0.5, 0.6) is 0 Å². The summed E-state index contributed by atoms with van der Waals surface area (Å²) in [6.07, 6.45) is 11.9. The Morgan fingerprint density at radius 1 is 1.19 bits per heavy atom. The van der Waals surface area contributed by atoms with E-state index in [4.69, 9.17) is 10.7 Å². The molecule has 0 amide bonds. The van der Waals surface area contributed by atoms with Gasteiger partial charge in [-0.05, 0) is 44.4 Å². The van der Waals surface area contributed by atoms with Crippen LogP contribution in [0.3, 0.4) is 0 Å². The second-order valence-corrected chi connectivity index (χ2v) is 6.01. The normalized spacial score (nSPS) is 21.6. The SMILES string of the molecule is CC(N)CCCCC1(CCNc2ccccc2)C=CC=N1. The maximum atomic E-state index is 5.81. The summed E-state index contributed by atoms with van der Waals surface area (Å²) >= 11 is 0. The first-order chi connectivity index (χ1) is 10.2. The van der Waals surface area contributed by atoms with E-state index in [0.29, 0.717) is 6.04 Å². The van der Waals surface area contributed by atoms with Crippen LogP contribution in [0.15, 0.2) is 47.5 Å². The highest BCUT2D eigenvalue weighted by Gasteiger charge is 2.26. The molecule has 0 aromatic heterocycles. The lowest BCUT2D eigenvalue weighted by atomic mass is 9.89. The number of benzene rings is 1. The average molecular weight is 285 g/mol. The molecule has 3 heteroatoms. The van der Waals surface area contributed by atoms with Crippen molar-refractivity contribution in [1.29, 1.82) is 0 Å². The fraction of sp³-hybridized carbons (Fsp3) is 0.500. The Balaban J connectivity index is 1.76. The molecule has 0 aliphatic carbocycles. The van der Waals surface area contributed by atoms with Crippen molar-refractivity contribution in [3.63, 3.8) is 0 Å². The number of allylic oxidation sites excluding steroid dienone is 1. The van der Waals surface area contributed by atoms with E-state index < -0.39 is 0 Å². The van der Waals surface area contributed by atoms with Gasteiger partial charge in [-0.2, -0.15) is 0 Å². The van der Waals surface area contributed by atoms with Crippen LogP contribution in [0.4, 0.5) is 5.69 Å². The standard InChI is InChI=1S/C18H27N3/c1-16(19)8-5-6-11-18(12-7-14-21-18)13-15-20-17-9-3-2-4-10-17/h2-4,7,9-10,12,14,16,20H,5-6,8,11,13,15,19H2,1H3. The quantitative estimate of drug-likeness (QED) is 0.678. The summed E-state index contributed by atoms with van der Waals surface area (Å²) in [5.74, 6) is 0. The maximum Gasteiger partial charge on any atom is 0.0807 e. The zero-order chi connectivity index (χ0) is 15.0. The Bertz CT molecular complexity index is 451. The maximum absolute atomic E-state index is 5.81. The van der Waals surface area contributed by atoms with Gasteiger partial charge in [0.25, 0.3) is 0 Å². The number of unbranched alkanes of at least 4 members (excludes halogenated alkanes) is 1. The Kier molecular flexibility index (Phi) is 6.00. The van der Waals surface area contributed by atoms with Gasteiger partial charge in [-0.15, -0.1) is 0 Å². The topological polar surface area (TPSA) is 50.4 Å². The minimum Gasteiger partial charge on any atom is -0.385 e. The number of hydrogen-bond donors (Lipinski definition) is 2. The van der Waals surface area contributed by atoms with Crippen molar-refractivity contribution in [2.45, 2.75) is 50.6 Å². The number of rotatable bonds is 9. The largest absolute Gasteiger partial charge is 0.385 e. The molecule has 2 atom stereocenters. The van der Waals surface area contributed by atoms with E-state index >= 15 is 0 Å². The van der Waals surface area contributed by atoms with Gasteiger partial charge in [0.2, 0.25) is 0 Å². The van der Waals surface area contributed by atoms with Gasteiger partial charge in [0.15, 0.2) is 0 Å². The third-order valence-corrected chi connectivity index (χ3v) is 4.00. The number of nitrogens with two attached hydrogens (primary N) is 1. The van der Waals surface area contributed by atoms with Gasteiger partial charge >= 0.3 is 0 Å². The number of nitrogens with zero attached hydrogens (tertiary/aromatic N) is 1. The molecule has 1 aromatic rings.